The number of nitrogens with zero attached hydrogens (tertiary/aromatic N) is 2. The first-order valence-corrected chi connectivity index (χ1v) is 6.67. The van der Waals surface area contributed by atoms with Gasteiger partial charge in [0.2, 0.25) is 0 Å². The van der Waals surface area contributed by atoms with E-state index in [1.807, 2.05) is 19.9 Å². The van der Waals surface area contributed by atoms with Gasteiger partial charge in [-0.05, 0) is 36.7 Å². The first-order chi connectivity index (χ1) is 7.96. The van der Waals surface area contributed by atoms with Crippen LogP contribution in [-0.2, 0) is 11.2 Å². The molecule has 0 bridgehead atoms. The molecule has 0 saturated carbocycles. The van der Waals surface area contributed by atoms with Crippen LogP contribution in [0.5, 0.6) is 0 Å². The molecular weight excluding hydrogens is 282 g/mol. The Bertz CT molecular complexity index is 369. The minimum Gasteiger partial charge on any atom is -0.374 e. The number of rotatable bonds is 6. The van der Waals surface area contributed by atoms with Gasteiger partial charge in [0.05, 0.1) is 5.60 Å². The van der Waals surface area contributed by atoms with Crippen molar-refractivity contribution in [1.82, 2.24) is 9.97 Å². The van der Waals surface area contributed by atoms with E-state index in [4.69, 9.17) is 4.74 Å². The quantitative estimate of drug-likeness (QED) is 0.821. The molecule has 0 atom stereocenters. The van der Waals surface area contributed by atoms with Crippen molar-refractivity contribution in [3.63, 3.8) is 0 Å². The molecule has 0 saturated heterocycles. The average molecular weight is 302 g/mol. The van der Waals surface area contributed by atoms with Crippen LogP contribution in [-0.4, -0.2) is 28.7 Å². The zero-order valence-corrected chi connectivity index (χ0v) is 12.5. The molecule has 5 heteroatoms. The topological polar surface area (TPSA) is 47.0 Å². The van der Waals surface area contributed by atoms with Gasteiger partial charge in [-0.15, -0.1) is 0 Å². The maximum absolute atomic E-state index is 5.62. The molecule has 1 aromatic rings. The second-order valence-corrected chi connectivity index (χ2v) is 5.20. The summed E-state index contributed by atoms with van der Waals surface area (Å²) in [4.78, 5) is 8.67. The highest BCUT2D eigenvalue weighted by atomic mass is 79.9. The Balaban J connectivity index is 2.65. The van der Waals surface area contributed by atoms with Gasteiger partial charge in [0.1, 0.15) is 16.2 Å². The summed E-state index contributed by atoms with van der Waals surface area (Å²) in [5.41, 5.74) is -0.196. The van der Waals surface area contributed by atoms with Crippen LogP contribution >= 0.6 is 15.9 Å². The van der Waals surface area contributed by atoms with Crippen LogP contribution in [0.15, 0.2) is 10.7 Å². The molecule has 0 aromatic carbocycles. The molecule has 0 aliphatic rings. The second-order valence-electron chi connectivity index (χ2n) is 4.39. The molecule has 96 valence electrons. The van der Waals surface area contributed by atoms with Crippen molar-refractivity contribution in [3.05, 3.63) is 16.5 Å². The molecule has 0 unspecified atom stereocenters. The summed E-state index contributed by atoms with van der Waals surface area (Å²) >= 11 is 3.38. The van der Waals surface area contributed by atoms with Crippen LogP contribution in [0.4, 0.5) is 5.82 Å². The van der Waals surface area contributed by atoms with Gasteiger partial charge in [0.15, 0.2) is 0 Å². The van der Waals surface area contributed by atoms with Crippen LogP contribution in [0.1, 0.15) is 33.5 Å². The van der Waals surface area contributed by atoms with E-state index in [-0.39, 0.29) is 5.60 Å². The van der Waals surface area contributed by atoms with E-state index < -0.39 is 0 Å². The Morgan fingerprint density at radius 1 is 1.35 bits per heavy atom. The van der Waals surface area contributed by atoms with Crippen molar-refractivity contribution in [3.8, 4) is 0 Å². The lowest BCUT2D eigenvalue weighted by atomic mass is 10.1. The fourth-order valence-electron chi connectivity index (χ4n) is 1.46. The number of hydrogen-bond acceptors (Lipinski definition) is 4. The Kier molecular flexibility index (Phi) is 5.33. The van der Waals surface area contributed by atoms with E-state index >= 15 is 0 Å². The summed E-state index contributed by atoms with van der Waals surface area (Å²) in [6, 6.07) is 1.88. The van der Waals surface area contributed by atoms with E-state index in [2.05, 4.69) is 45.1 Å². The van der Waals surface area contributed by atoms with Crippen molar-refractivity contribution >= 4 is 21.7 Å². The molecule has 1 aromatic heterocycles. The standard InChI is InChI=1S/C12H20BrN3O/c1-5-10-15-9(13)7-11(16-10)14-8-12(3,4)17-6-2/h7H,5-6,8H2,1-4H3,(H,14,15,16). The smallest absolute Gasteiger partial charge is 0.131 e. The van der Waals surface area contributed by atoms with Crippen LogP contribution in [0.2, 0.25) is 0 Å². The third kappa shape index (κ3) is 5.00. The molecular formula is C12H20BrN3O. The zero-order valence-electron chi connectivity index (χ0n) is 10.9. The van der Waals surface area contributed by atoms with E-state index in [0.29, 0.717) is 13.2 Å². The van der Waals surface area contributed by atoms with E-state index in [1.165, 1.54) is 0 Å². The maximum atomic E-state index is 5.62. The number of nitrogens with one attached hydrogen (secondary N) is 1. The molecule has 1 heterocycles. The van der Waals surface area contributed by atoms with E-state index in [9.17, 15) is 0 Å². The minimum absolute atomic E-state index is 0.196. The van der Waals surface area contributed by atoms with E-state index in [1.54, 1.807) is 0 Å². The molecule has 0 spiro atoms. The van der Waals surface area contributed by atoms with Gasteiger partial charge >= 0.3 is 0 Å². The van der Waals surface area contributed by atoms with Gasteiger partial charge in [-0.3, -0.25) is 0 Å². The molecule has 1 rings (SSSR count). The van der Waals surface area contributed by atoms with Gasteiger partial charge in [-0.2, -0.15) is 0 Å². The number of halogens is 1. The lowest BCUT2D eigenvalue weighted by Crippen LogP contribution is -2.33. The average Bonchev–Trinajstić information content (AvgIpc) is 2.26. The van der Waals surface area contributed by atoms with Crippen LogP contribution < -0.4 is 5.32 Å². The van der Waals surface area contributed by atoms with Crippen LogP contribution in [0, 0.1) is 0 Å². The van der Waals surface area contributed by atoms with Crippen molar-refractivity contribution in [2.45, 2.75) is 39.7 Å². The molecule has 0 aliphatic heterocycles. The minimum atomic E-state index is -0.196. The third-order valence-electron chi connectivity index (χ3n) is 2.29. The molecule has 0 fully saturated rings. The van der Waals surface area contributed by atoms with Crippen molar-refractivity contribution in [2.75, 3.05) is 18.5 Å². The van der Waals surface area contributed by atoms with Gasteiger partial charge in [0, 0.05) is 25.6 Å². The largest absolute Gasteiger partial charge is 0.374 e. The fraction of sp³-hybridized carbons (Fsp3) is 0.667. The second kappa shape index (κ2) is 6.31. The maximum Gasteiger partial charge on any atom is 0.131 e. The van der Waals surface area contributed by atoms with Gasteiger partial charge in [0.25, 0.3) is 0 Å². The predicted molar refractivity (Wildman–Crippen MR) is 73.3 cm³/mol. The van der Waals surface area contributed by atoms with Crippen molar-refractivity contribution < 1.29 is 4.74 Å². The van der Waals surface area contributed by atoms with E-state index in [0.717, 1.165) is 22.7 Å². The lowest BCUT2D eigenvalue weighted by Gasteiger charge is -2.25. The summed E-state index contributed by atoms with van der Waals surface area (Å²) < 4.78 is 6.43. The number of ether oxygens (including phenoxy) is 1. The highest BCUT2D eigenvalue weighted by molar-refractivity contribution is 9.10. The molecule has 17 heavy (non-hydrogen) atoms. The summed E-state index contributed by atoms with van der Waals surface area (Å²) in [6.45, 7) is 9.57. The summed E-state index contributed by atoms with van der Waals surface area (Å²) in [7, 11) is 0. The monoisotopic (exact) mass is 301 g/mol. The lowest BCUT2D eigenvalue weighted by molar-refractivity contribution is 0.000636. The molecule has 0 amide bonds. The van der Waals surface area contributed by atoms with Crippen molar-refractivity contribution in [2.24, 2.45) is 0 Å². The number of aromatic nitrogens is 2. The van der Waals surface area contributed by atoms with Gasteiger partial charge in [-0.25, -0.2) is 9.97 Å². The Hall–Kier alpha value is -0.680. The SMILES string of the molecule is CCOC(C)(C)CNc1cc(Br)nc(CC)n1. The normalized spacial score (nSPS) is 11.6. The Morgan fingerprint density at radius 2 is 2.06 bits per heavy atom. The number of anilines is 1. The van der Waals surface area contributed by atoms with Gasteiger partial charge in [-0.1, -0.05) is 6.92 Å². The van der Waals surface area contributed by atoms with Gasteiger partial charge < -0.3 is 10.1 Å². The highest BCUT2D eigenvalue weighted by Crippen LogP contribution is 2.15. The number of hydrogen-bond donors (Lipinski definition) is 1. The molecule has 1 N–H and O–H groups in total. The Labute approximate surface area is 111 Å². The highest BCUT2D eigenvalue weighted by Gasteiger charge is 2.17. The molecule has 4 nitrogen and oxygen atoms in total. The first-order valence-electron chi connectivity index (χ1n) is 5.88. The van der Waals surface area contributed by atoms with Crippen LogP contribution in [0.25, 0.3) is 0 Å². The number of aryl methyl sites for hydroxylation is 1. The summed E-state index contributed by atoms with van der Waals surface area (Å²) in [5.74, 6) is 1.66. The Morgan fingerprint density at radius 3 is 2.65 bits per heavy atom. The summed E-state index contributed by atoms with van der Waals surface area (Å²) in [6.07, 6.45) is 0.822. The first kappa shape index (κ1) is 14.4. The third-order valence-corrected chi connectivity index (χ3v) is 2.69. The summed E-state index contributed by atoms with van der Waals surface area (Å²) in [5, 5.41) is 3.28. The molecule has 0 aliphatic carbocycles. The van der Waals surface area contributed by atoms with Crippen molar-refractivity contribution in [1.29, 1.82) is 0 Å². The molecule has 0 radical (unpaired) electrons. The van der Waals surface area contributed by atoms with Crippen LogP contribution in [0.3, 0.4) is 0 Å². The zero-order chi connectivity index (χ0) is 12.9. The fourth-order valence-corrected chi connectivity index (χ4v) is 1.88. The predicted octanol–water partition coefficient (Wildman–Crippen LogP) is 3.03.